The molecule has 0 spiro atoms. The third-order valence-electron chi connectivity index (χ3n) is 4.60. The molecule has 0 bridgehead atoms. The standard InChI is InChI=1S/C20H24N4O7S/c1-29-18-11-16(32(27,28)24-4-6-30-7-5-24)2-3-17(18)23-19(25)12-31-20(26)13-8-14(21)10-15(22)9-13/h2-3,8-11H,4-7,12,21-22H2,1H3,(H,23,25). The zero-order valence-corrected chi connectivity index (χ0v) is 18.2. The number of carbonyl (C=O) groups excluding carboxylic acids is 2. The summed E-state index contributed by atoms with van der Waals surface area (Å²) < 4.78 is 42.3. The van der Waals surface area contributed by atoms with Gasteiger partial charge in [0.25, 0.3) is 5.91 Å². The number of anilines is 3. The Bertz CT molecular complexity index is 1090. The molecule has 1 fully saturated rings. The number of morpholine rings is 1. The van der Waals surface area contributed by atoms with E-state index in [1.807, 2.05) is 0 Å². The van der Waals surface area contributed by atoms with Crippen molar-refractivity contribution in [3.05, 3.63) is 42.0 Å². The number of ether oxygens (including phenoxy) is 3. The molecule has 0 radical (unpaired) electrons. The second kappa shape index (κ2) is 9.85. The molecule has 172 valence electrons. The highest BCUT2D eigenvalue weighted by Gasteiger charge is 2.27. The zero-order valence-electron chi connectivity index (χ0n) is 17.4. The number of esters is 1. The van der Waals surface area contributed by atoms with Gasteiger partial charge in [0.2, 0.25) is 10.0 Å². The first-order valence-corrected chi connectivity index (χ1v) is 11.0. The van der Waals surface area contributed by atoms with Gasteiger partial charge in [0.05, 0.1) is 36.5 Å². The first-order chi connectivity index (χ1) is 15.2. The van der Waals surface area contributed by atoms with Gasteiger partial charge in [-0.15, -0.1) is 0 Å². The van der Waals surface area contributed by atoms with Gasteiger partial charge in [-0.2, -0.15) is 4.31 Å². The number of carbonyl (C=O) groups is 2. The minimum atomic E-state index is -3.73. The minimum absolute atomic E-state index is 0.0277. The molecule has 11 nitrogen and oxygen atoms in total. The SMILES string of the molecule is COc1cc(S(=O)(=O)N2CCOCC2)ccc1NC(=O)COC(=O)c1cc(N)cc(N)c1. The molecule has 0 aromatic heterocycles. The zero-order chi connectivity index (χ0) is 23.3. The number of hydrogen-bond acceptors (Lipinski definition) is 9. The fourth-order valence-corrected chi connectivity index (χ4v) is 4.49. The van der Waals surface area contributed by atoms with Gasteiger partial charge in [0.15, 0.2) is 6.61 Å². The van der Waals surface area contributed by atoms with Crippen molar-refractivity contribution in [1.29, 1.82) is 0 Å². The number of hydrogen-bond donors (Lipinski definition) is 3. The van der Waals surface area contributed by atoms with Crippen LogP contribution < -0.4 is 21.5 Å². The maximum atomic E-state index is 12.8. The second-order valence-electron chi connectivity index (χ2n) is 6.89. The summed E-state index contributed by atoms with van der Waals surface area (Å²) in [6.45, 7) is 0.585. The number of methoxy groups -OCH3 is 1. The van der Waals surface area contributed by atoms with E-state index in [0.29, 0.717) is 24.6 Å². The van der Waals surface area contributed by atoms with E-state index in [-0.39, 0.29) is 35.0 Å². The molecule has 12 heteroatoms. The highest BCUT2D eigenvalue weighted by molar-refractivity contribution is 7.89. The molecular weight excluding hydrogens is 440 g/mol. The quantitative estimate of drug-likeness (QED) is 0.395. The Morgan fingerprint density at radius 1 is 1.09 bits per heavy atom. The van der Waals surface area contributed by atoms with Crippen molar-refractivity contribution >= 4 is 39.0 Å². The third kappa shape index (κ3) is 5.46. The summed E-state index contributed by atoms with van der Waals surface area (Å²) in [6, 6.07) is 8.34. The molecule has 1 aliphatic heterocycles. The van der Waals surface area contributed by atoms with Crippen LogP contribution in [0.1, 0.15) is 10.4 Å². The summed E-state index contributed by atoms with van der Waals surface area (Å²) in [5.74, 6) is -1.27. The maximum absolute atomic E-state index is 12.8. The lowest BCUT2D eigenvalue weighted by Gasteiger charge is -2.26. The first-order valence-electron chi connectivity index (χ1n) is 9.59. The number of nitrogens with one attached hydrogen (secondary N) is 1. The number of nitrogen functional groups attached to an aromatic ring is 2. The molecule has 0 aliphatic carbocycles. The lowest BCUT2D eigenvalue weighted by atomic mass is 10.2. The third-order valence-corrected chi connectivity index (χ3v) is 6.50. The van der Waals surface area contributed by atoms with E-state index in [9.17, 15) is 18.0 Å². The molecule has 0 atom stereocenters. The first kappa shape index (κ1) is 23.3. The molecule has 0 saturated carbocycles. The molecule has 1 aliphatic rings. The summed E-state index contributed by atoms with van der Waals surface area (Å²) in [6.07, 6.45) is 0. The molecule has 1 saturated heterocycles. The van der Waals surface area contributed by atoms with Gasteiger partial charge in [-0.25, -0.2) is 13.2 Å². The average Bonchev–Trinajstić information content (AvgIpc) is 2.77. The van der Waals surface area contributed by atoms with Crippen LogP contribution in [0.4, 0.5) is 17.1 Å². The predicted molar refractivity (Wildman–Crippen MR) is 117 cm³/mol. The topological polar surface area (TPSA) is 163 Å². The molecule has 2 aromatic carbocycles. The Morgan fingerprint density at radius 2 is 1.75 bits per heavy atom. The number of benzene rings is 2. The molecule has 5 N–H and O–H groups in total. The van der Waals surface area contributed by atoms with Crippen LogP contribution in [0, 0.1) is 0 Å². The van der Waals surface area contributed by atoms with Gasteiger partial charge in [-0.05, 0) is 30.3 Å². The van der Waals surface area contributed by atoms with E-state index in [4.69, 9.17) is 25.7 Å². The van der Waals surface area contributed by atoms with Crippen LogP contribution in [0.5, 0.6) is 5.75 Å². The van der Waals surface area contributed by atoms with E-state index < -0.39 is 28.5 Å². The van der Waals surface area contributed by atoms with Crippen LogP contribution in [0.2, 0.25) is 0 Å². The molecule has 0 unspecified atom stereocenters. The lowest BCUT2D eigenvalue weighted by Crippen LogP contribution is -2.40. The molecule has 1 heterocycles. The van der Waals surface area contributed by atoms with Crippen molar-refractivity contribution in [2.24, 2.45) is 0 Å². The van der Waals surface area contributed by atoms with E-state index in [1.165, 1.54) is 47.8 Å². The summed E-state index contributed by atoms with van der Waals surface area (Å²) in [5, 5.41) is 2.53. The van der Waals surface area contributed by atoms with Crippen LogP contribution in [-0.2, 0) is 24.3 Å². The average molecular weight is 465 g/mol. The largest absolute Gasteiger partial charge is 0.495 e. The summed E-state index contributed by atoms with van der Waals surface area (Å²) >= 11 is 0. The van der Waals surface area contributed by atoms with Crippen LogP contribution in [0.3, 0.4) is 0 Å². The van der Waals surface area contributed by atoms with Crippen molar-refractivity contribution < 1.29 is 32.2 Å². The van der Waals surface area contributed by atoms with Crippen LogP contribution >= 0.6 is 0 Å². The highest BCUT2D eigenvalue weighted by Crippen LogP contribution is 2.29. The van der Waals surface area contributed by atoms with Gasteiger partial charge in [-0.3, -0.25) is 4.79 Å². The Hall–Kier alpha value is -3.35. The minimum Gasteiger partial charge on any atom is -0.495 e. The smallest absolute Gasteiger partial charge is 0.338 e. The molecule has 32 heavy (non-hydrogen) atoms. The van der Waals surface area contributed by atoms with E-state index >= 15 is 0 Å². The number of rotatable bonds is 7. The van der Waals surface area contributed by atoms with E-state index in [2.05, 4.69) is 5.32 Å². The fourth-order valence-electron chi connectivity index (χ4n) is 3.07. The van der Waals surface area contributed by atoms with Gasteiger partial charge in [0, 0.05) is 30.5 Å². The van der Waals surface area contributed by atoms with Crippen LogP contribution in [0.15, 0.2) is 41.3 Å². The van der Waals surface area contributed by atoms with E-state index in [0.717, 1.165) is 0 Å². The summed E-state index contributed by atoms with van der Waals surface area (Å²) in [5.41, 5.74) is 12.2. The Kier molecular flexibility index (Phi) is 7.18. The number of nitrogens with zero attached hydrogens (tertiary/aromatic N) is 1. The summed E-state index contributed by atoms with van der Waals surface area (Å²) in [7, 11) is -2.38. The Balaban J connectivity index is 1.66. The van der Waals surface area contributed by atoms with Gasteiger partial charge < -0.3 is 31.0 Å². The highest BCUT2D eigenvalue weighted by atomic mass is 32.2. The van der Waals surface area contributed by atoms with E-state index in [1.54, 1.807) is 0 Å². The Morgan fingerprint density at radius 3 is 2.38 bits per heavy atom. The molecule has 3 rings (SSSR count). The van der Waals surface area contributed by atoms with Crippen molar-refractivity contribution in [2.45, 2.75) is 4.90 Å². The Labute approximate surface area is 185 Å². The number of sulfonamides is 1. The fraction of sp³-hybridized carbons (Fsp3) is 0.300. The number of nitrogens with two attached hydrogens (primary N) is 2. The van der Waals surface area contributed by atoms with Crippen LogP contribution in [0.25, 0.3) is 0 Å². The molecule has 1 amide bonds. The van der Waals surface area contributed by atoms with Gasteiger partial charge >= 0.3 is 5.97 Å². The predicted octanol–water partition coefficient (Wildman–Crippen LogP) is 0.676. The van der Waals surface area contributed by atoms with Gasteiger partial charge in [0.1, 0.15) is 5.75 Å². The molecular formula is C20H24N4O7S. The van der Waals surface area contributed by atoms with Crippen molar-refractivity contribution in [1.82, 2.24) is 4.31 Å². The second-order valence-corrected chi connectivity index (χ2v) is 8.83. The monoisotopic (exact) mass is 464 g/mol. The van der Waals surface area contributed by atoms with Gasteiger partial charge in [-0.1, -0.05) is 0 Å². The van der Waals surface area contributed by atoms with Crippen molar-refractivity contribution in [3.63, 3.8) is 0 Å². The normalized spacial score (nSPS) is 14.5. The van der Waals surface area contributed by atoms with Crippen LogP contribution in [-0.4, -0.2) is 64.6 Å². The molecule has 2 aromatic rings. The van der Waals surface area contributed by atoms with Crippen molar-refractivity contribution in [2.75, 3.05) is 56.8 Å². The van der Waals surface area contributed by atoms with Crippen molar-refractivity contribution in [3.8, 4) is 5.75 Å². The maximum Gasteiger partial charge on any atom is 0.338 e. The number of amides is 1. The summed E-state index contributed by atoms with van der Waals surface area (Å²) in [4.78, 5) is 24.4. The lowest BCUT2D eigenvalue weighted by molar-refractivity contribution is -0.119.